The quantitative estimate of drug-likeness (QED) is 0.597. The Morgan fingerprint density at radius 3 is 2.58 bits per heavy atom. The molecule has 0 saturated carbocycles. The summed E-state index contributed by atoms with van der Waals surface area (Å²) >= 11 is 0. The predicted octanol–water partition coefficient (Wildman–Crippen LogP) is 3.27. The number of hydrogen-bond acceptors (Lipinski definition) is 5. The van der Waals surface area contributed by atoms with E-state index in [1.54, 1.807) is 0 Å². The summed E-state index contributed by atoms with van der Waals surface area (Å²) in [5, 5.41) is 13.2. The highest BCUT2D eigenvalue weighted by atomic mass is 19.3. The normalized spacial score (nSPS) is 10.5. The third kappa shape index (κ3) is 4.62. The van der Waals surface area contributed by atoms with Gasteiger partial charge in [0.2, 0.25) is 5.82 Å². The highest BCUT2D eigenvalue weighted by Crippen LogP contribution is 2.29. The molecule has 10 heteroatoms. The van der Waals surface area contributed by atoms with Crippen LogP contribution in [0, 0.1) is 15.9 Å². The summed E-state index contributed by atoms with van der Waals surface area (Å²) in [4.78, 5) is 21.8. The molecule has 0 radical (unpaired) electrons. The zero-order valence-corrected chi connectivity index (χ0v) is 13.4. The number of ether oxygens (including phenoxy) is 2. The molecule has 1 amide bonds. The molecule has 0 unspecified atom stereocenters. The van der Waals surface area contributed by atoms with Gasteiger partial charge in [-0.05, 0) is 29.8 Å². The zero-order chi connectivity index (χ0) is 19.3. The number of benzene rings is 2. The van der Waals surface area contributed by atoms with Gasteiger partial charge in [0, 0.05) is 18.2 Å². The maximum Gasteiger partial charge on any atom is 0.387 e. The van der Waals surface area contributed by atoms with Crippen LogP contribution < -0.4 is 14.8 Å². The molecular formula is C16H13F3N2O5. The van der Waals surface area contributed by atoms with Crippen molar-refractivity contribution in [2.24, 2.45) is 0 Å². The van der Waals surface area contributed by atoms with Gasteiger partial charge in [-0.1, -0.05) is 6.07 Å². The fourth-order valence-electron chi connectivity index (χ4n) is 2.09. The van der Waals surface area contributed by atoms with E-state index in [-0.39, 0.29) is 23.6 Å². The Balaban J connectivity index is 2.10. The minimum atomic E-state index is -3.01. The van der Waals surface area contributed by atoms with Gasteiger partial charge in [0.25, 0.3) is 5.91 Å². The van der Waals surface area contributed by atoms with Crippen LogP contribution in [0.4, 0.5) is 18.9 Å². The first kappa shape index (κ1) is 19.0. The number of halogens is 3. The third-order valence-corrected chi connectivity index (χ3v) is 3.30. The second-order valence-corrected chi connectivity index (χ2v) is 4.97. The topological polar surface area (TPSA) is 90.7 Å². The number of nitro benzene ring substituents is 1. The van der Waals surface area contributed by atoms with Gasteiger partial charge in [-0.3, -0.25) is 14.9 Å². The molecule has 0 aliphatic carbocycles. The number of nitrogens with one attached hydrogen (secondary N) is 1. The van der Waals surface area contributed by atoms with Crippen molar-refractivity contribution in [3.63, 3.8) is 0 Å². The van der Waals surface area contributed by atoms with E-state index in [0.29, 0.717) is 5.56 Å². The van der Waals surface area contributed by atoms with Crippen molar-refractivity contribution in [2.75, 3.05) is 7.11 Å². The van der Waals surface area contributed by atoms with Gasteiger partial charge < -0.3 is 14.8 Å². The molecule has 138 valence electrons. The second-order valence-electron chi connectivity index (χ2n) is 4.97. The van der Waals surface area contributed by atoms with E-state index in [2.05, 4.69) is 10.1 Å². The first-order valence-electron chi connectivity index (χ1n) is 7.15. The number of carbonyl (C=O) groups excluding carboxylic acids is 1. The standard InChI is InChI=1S/C16H13F3N2O5/c1-25-14-6-9(2-5-13(14)26-16(18)19)8-20-15(22)10-3-4-11(17)12(7-10)21(23)24/h2-7,16H,8H2,1H3,(H,20,22). The molecule has 0 aromatic heterocycles. The molecular weight excluding hydrogens is 357 g/mol. The van der Waals surface area contributed by atoms with Crippen LogP contribution in [0.25, 0.3) is 0 Å². The average Bonchev–Trinajstić information content (AvgIpc) is 2.60. The molecule has 7 nitrogen and oxygen atoms in total. The summed E-state index contributed by atoms with van der Waals surface area (Å²) in [5.41, 5.74) is -0.399. The summed E-state index contributed by atoms with van der Waals surface area (Å²) in [6.45, 7) is -3.03. The summed E-state index contributed by atoms with van der Waals surface area (Å²) in [6, 6.07) is 6.85. The van der Waals surface area contributed by atoms with Gasteiger partial charge in [0.1, 0.15) is 0 Å². The molecule has 0 heterocycles. The lowest BCUT2D eigenvalue weighted by molar-refractivity contribution is -0.387. The Morgan fingerprint density at radius 1 is 1.23 bits per heavy atom. The highest BCUT2D eigenvalue weighted by Gasteiger charge is 2.17. The maximum atomic E-state index is 13.3. The molecule has 0 fully saturated rings. The van der Waals surface area contributed by atoms with E-state index in [0.717, 1.165) is 18.2 Å². The number of amides is 1. The van der Waals surface area contributed by atoms with E-state index in [9.17, 15) is 28.1 Å². The van der Waals surface area contributed by atoms with Crippen molar-refractivity contribution in [1.82, 2.24) is 5.32 Å². The lowest BCUT2D eigenvalue weighted by Crippen LogP contribution is -2.23. The molecule has 0 saturated heterocycles. The Kier molecular flexibility index (Phi) is 5.99. The number of nitro groups is 1. The van der Waals surface area contributed by atoms with Gasteiger partial charge in [0.05, 0.1) is 12.0 Å². The van der Waals surface area contributed by atoms with Crippen LogP contribution in [0.3, 0.4) is 0 Å². The molecule has 0 aliphatic heterocycles. The van der Waals surface area contributed by atoms with Gasteiger partial charge in [-0.15, -0.1) is 0 Å². The Hall–Kier alpha value is -3.30. The van der Waals surface area contributed by atoms with Crippen molar-refractivity contribution < 1.29 is 32.4 Å². The Bertz CT molecular complexity index is 830. The summed E-state index contributed by atoms with van der Waals surface area (Å²) in [5.74, 6) is -1.83. The van der Waals surface area contributed by atoms with Crippen molar-refractivity contribution in [2.45, 2.75) is 13.2 Å². The van der Waals surface area contributed by atoms with Gasteiger partial charge in [-0.25, -0.2) is 0 Å². The lowest BCUT2D eigenvalue weighted by atomic mass is 10.1. The molecule has 2 aromatic carbocycles. The van der Waals surface area contributed by atoms with Crippen molar-refractivity contribution in [3.8, 4) is 11.5 Å². The molecule has 0 atom stereocenters. The third-order valence-electron chi connectivity index (χ3n) is 3.30. The van der Waals surface area contributed by atoms with E-state index in [1.165, 1.54) is 25.3 Å². The van der Waals surface area contributed by atoms with Crippen LogP contribution in [-0.2, 0) is 6.54 Å². The summed E-state index contributed by atoms with van der Waals surface area (Å²) in [7, 11) is 1.27. The molecule has 1 N–H and O–H groups in total. The number of nitrogens with zero attached hydrogens (tertiary/aromatic N) is 1. The number of hydrogen-bond donors (Lipinski definition) is 1. The van der Waals surface area contributed by atoms with Crippen LogP contribution in [0.15, 0.2) is 36.4 Å². The number of rotatable bonds is 7. The van der Waals surface area contributed by atoms with E-state index < -0.39 is 28.9 Å². The van der Waals surface area contributed by atoms with Gasteiger partial charge >= 0.3 is 12.3 Å². The van der Waals surface area contributed by atoms with Crippen molar-refractivity contribution in [1.29, 1.82) is 0 Å². The molecule has 26 heavy (non-hydrogen) atoms. The Labute approximate surface area is 145 Å². The molecule has 2 aromatic rings. The Morgan fingerprint density at radius 2 is 1.96 bits per heavy atom. The second kappa shape index (κ2) is 8.19. The molecule has 0 spiro atoms. The van der Waals surface area contributed by atoms with E-state index >= 15 is 0 Å². The molecule has 0 bridgehead atoms. The SMILES string of the molecule is COc1cc(CNC(=O)c2ccc(F)c([N+](=O)[O-])c2)ccc1OC(F)F. The fraction of sp³-hybridized carbons (Fsp3) is 0.188. The first-order chi connectivity index (χ1) is 12.3. The minimum Gasteiger partial charge on any atom is -0.493 e. The summed E-state index contributed by atoms with van der Waals surface area (Å²) < 4.78 is 47.1. The zero-order valence-electron chi connectivity index (χ0n) is 13.4. The van der Waals surface area contributed by atoms with Crippen molar-refractivity contribution >= 4 is 11.6 Å². The number of carbonyl (C=O) groups is 1. The fourth-order valence-corrected chi connectivity index (χ4v) is 2.09. The van der Waals surface area contributed by atoms with Crippen LogP contribution in [-0.4, -0.2) is 24.6 Å². The van der Waals surface area contributed by atoms with Crippen LogP contribution in [0.2, 0.25) is 0 Å². The van der Waals surface area contributed by atoms with Crippen LogP contribution >= 0.6 is 0 Å². The average molecular weight is 370 g/mol. The largest absolute Gasteiger partial charge is 0.493 e. The predicted molar refractivity (Wildman–Crippen MR) is 83.9 cm³/mol. The molecule has 2 rings (SSSR count). The number of methoxy groups -OCH3 is 1. The van der Waals surface area contributed by atoms with Crippen LogP contribution in [0.5, 0.6) is 11.5 Å². The first-order valence-corrected chi connectivity index (χ1v) is 7.15. The van der Waals surface area contributed by atoms with E-state index in [4.69, 9.17) is 4.74 Å². The van der Waals surface area contributed by atoms with E-state index in [1.807, 2.05) is 0 Å². The number of alkyl halides is 2. The monoisotopic (exact) mass is 370 g/mol. The lowest BCUT2D eigenvalue weighted by Gasteiger charge is -2.12. The highest BCUT2D eigenvalue weighted by molar-refractivity contribution is 5.94. The molecule has 0 aliphatic rings. The summed E-state index contributed by atoms with van der Waals surface area (Å²) in [6.07, 6.45) is 0. The maximum absolute atomic E-state index is 13.3. The van der Waals surface area contributed by atoms with Crippen molar-refractivity contribution in [3.05, 3.63) is 63.5 Å². The van der Waals surface area contributed by atoms with Gasteiger partial charge in [0.15, 0.2) is 11.5 Å². The minimum absolute atomic E-state index is 0.0185. The smallest absolute Gasteiger partial charge is 0.387 e. The van der Waals surface area contributed by atoms with Crippen LogP contribution in [0.1, 0.15) is 15.9 Å². The van der Waals surface area contributed by atoms with Gasteiger partial charge in [-0.2, -0.15) is 13.2 Å².